The lowest BCUT2D eigenvalue weighted by Crippen LogP contribution is -2.35. The first-order valence-corrected chi connectivity index (χ1v) is 8.46. The fourth-order valence-corrected chi connectivity index (χ4v) is 4.03. The van der Waals surface area contributed by atoms with E-state index in [1.807, 2.05) is 19.1 Å². The molecule has 1 unspecified atom stereocenters. The van der Waals surface area contributed by atoms with Crippen molar-refractivity contribution in [3.8, 4) is 0 Å². The number of hydrogen-bond acceptors (Lipinski definition) is 3. The van der Waals surface area contributed by atoms with Crippen molar-refractivity contribution < 1.29 is 18.3 Å². The zero-order valence-corrected chi connectivity index (χ0v) is 12.7. The fourth-order valence-electron chi connectivity index (χ4n) is 2.41. The van der Waals surface area contributed by atoms with E-state index in [2.05, 4.69) is 4.72 Å². The highest BCUT2D eigenvalue weighted by Gasteiger charge is 2.23. The number of benzene rings is 1. The molecular formula is C15H19NO4S. The first-order chi connectivity index (χ1) is 9.94. The summed E-state index contributed by atoms with van der Waals surface area (Å²) < 4.78 is 27.7. The van der Waals surface area contributed by atoms with E-state index in [0.29, 0.717) is 18.4 Å². The van der Waals surface area contributed by atoms with Crippen LogP contribution in [0.25, 0.3) is 0 Å². The molecule has 114 valence electrons. The SMILES string of the molecule is CCc1ccc(C(=O)O)cc1S(=O)(=O)NC1CC=CCC1. The second-order valence-corrected chi connectivity index (χ2v) is 6.77. The van der Waals surface area contributed by atoms with E-state index < -0.39 is 16.0 Å². The summed E-state index contributed by atoms with van der Waals surface area (Å²) in [6, 6.07) is 4.11. The maximum atomic E-state index is 12.5. The Morgan fingerprint density at radius 3 is 2.71 bits per heavy atom. The third-order valence-electron chi connectivity index (χ3n) is 3.58. The van der Waals surface area contributed by atoms with Crippen LogP contribution in [0.3, 0.4) is 0 Å². The molecule has 0 aromatic heterocycles. The van der Waals surface area contributed by atoms with Crippen molar-refractivity contribution in [2.45, 2.75) is 43.5 Å². The number of hydrogen-bond donors (Lipinski definition) is 2. The summed E-state index contributed by atoms with van der Waals surface area (Å²) >= 11 is 0. The summed E-state index contributed by atoms with van der Waals surface area (Å²) in [4.78, 5) is 11.1. The number of carboxylic acids is 1. The monoisotopic (exact) mass is 309 g/mol. The summed E-state index contributed by atoms with van der Waals surface area (Å²) in [6.07, 6.45) is 6.80. The zero-order chi connectivity index (χ0) is 15.5. The number of aryl methyl sites for hydroxylation is 1. The lowest BCUT2D eigenvalue weighted by atomic mass is 10.0. The van der Waals surface area contributed by atoms with Crippen LogP contribution in [-0.2, 0) is 16.4 Å². The van der Waals surface area contributed by atoms with Crippen molar-refractivity contribution in [2.75, 3.05) is 0 Å². The Morgan fingerprint density at radius 2 is 2.14 bits per heavy atom. The topological polar surface area (TPSA) is 83.5 Å². The van der Waals surface area contributed by atoms with Crippen molar-refractivity contribution in [3.63, 3.8) is 0 Å². The molecule has 1 aromatic carbocycles. The second-order valence-electron chi connectivity index (χ2n) is 5.08. The predicted molar refractivity (Wildman–Crippen MR) is 79.9 cm³/mol. The molecule has 21 heavy (non-hydrogen) atoms. The molecule has 0 bridgehead atoms. The smallest absolute Gasteiger partial charge is 0.335 e. The maximum absolute atomic E-state index is 12.5. The van der Waals surface area contributed by atoms with Crippen molar-refractivity contribution in [1.29, 1.82) is 0 Å². The van der Waals surface area contributed by atoms with Crippen LogP contribution in [0.2, 0.25) is 0 Å². The van der Waals surface area contributed by atoms with Gasteiger partial charge in [-0.15, -0.1) is 0 Å². The number of carbonyl (C=O) groups is 1. The lowest BCUT2D eigenvalue weighted by Gasteiger charge is -2.20. The van der Waals surface area contributed by atoms with E-state index in [-0.39, 0.29) is 16.5 Å². The van der Waals surface area contributed by atoms with E-state index in [0.717, 1.165) is 12.8 Å². The van der Waals surface area contributed by atoms with Gasteiger partial charge in [0.1, 0.15) is 0 Å². The number of allylic oxidation sites excluding steroid dienone is 1. The first kappa shape index (κ1) is 15.7. The van der Waals surface area contributed by atoms with Crippen molar-refractivity contribution in [2.24, 2.45) is 0 Å². The molecule has 1 aromatic rings. The van der Waals surface area contributed by atoms with Crippen LogP contribution in [0.15, 0.2) is 35.2 Å². The highest BCUT2D eigenvalue weighted by atomic mass is 32.2. The van der Waals surface area contributed by atoms with Crippen LogP contribution in [0.4, 0.5) is 0 Å². The third kappa shape index (κ3) is 3.71. The van der Waals surface area contributed by atoms with Crippen molar-refractivity contribution >= 4 is 16.0 Å². The number of sulfonamides is 1. The molecular weight excluding hydrogens is 290 g/mol. The standard InChI is InChI=1S/C15H19NO4S/c1-2-11-8-9-12(15(17)18)10-14(11)21(19,20)16-13-6-4-3-5-7-13/h3-4,8-10,13,16H,2,5-7H2,1H3,(H,17,18). The Bertz CT molecular complexity index is 664. The number of rotatable bonds is 5. The van der Waals surface area contributed by atoms with Gasteiger partial charge in [0.2, 0.25) is 10.0 Å². The normalized spacial score (nSPS) is 18.6. The van der Waals surface area contributed by atoms with Crippen molar-refractivity contribution in [3.05, 3.63) is 41.5 Å². The van der Waals surface area contributed by atoms with E-state index >= 15 is 0 Å². The molecule has 0 amide bonds. The Labute approximate surface area is 124 Å². The van der Waals surface area contributed by atoms with Gasteiger partial charge in [0.05, 0.1) is 10.5 Å². The van der Waals surface area contributed by atoms with E-state index in [9.17, 15) is 13.2 Å². The van der Waals surface area contributed by atoms with Crippen molar-refractivity contribution in [1.82, 2.24) is 4.72 Å². The van der Waals surface area contributed by atoms with Gasteiger partial charge in [-0.2, -0.15) is 0 Å². The van der Waals surface area contributed by atoms with Gasteiger partial charge < -0.3 is 5.11 Å². The summed E-state index contributed by atoms with van der Waals surface area (Å²) in [5.41, 5.74) is 0.606. The summed E-state index contributed by atoms with van der Waals surface area (Å²) in [5.74, 6) is -1.13. The lowest BCUT2D eigenvalue weighted by molar-refractivity contribution is 0.0696. The molecule has 0 radical (unpaired) electrons. The Balaban J connectivity index is 2.35. The molecule has 1 aliphatic rings. The average Bonchev–Trinajstić information content (AvgIpc) is 2.47. The third-order valence-corrected chi connectivity index (χ3v) is 5.18. The zero-order valence-electron chi connectivity index (χ0n) is 11.9. The van der Waals surface area contributed by atoms with Gasteiger partial charge in [-0.05, 0) is 43.4 Å². The van der Waals surface area contributed by atoms with E-state index in [4.69, 9.17) is 5.11 Å². The number of nitrogens with one attached hydrogen (secondary N) is 1. The molecule has 1 aliphatic carbocycles. The van der Waals surface area contributed by atoms with Gasteiger partial charge in [0.25, 0.3) is 0 Å². The Kier molecular flexibility index (Phi) is 4.80. The molecule has 0 fully saturated rings. The van der Waals surface area contributed by atoms with E-state index in [1.165, 1.54) is 12.1 Å². The minimum Gasteiger partial charge on any atom is -0.478 e. The first-order valence-electron chi connectivity index (χ1n) is 6.97. The molecule has 6 heteroatoms. The van der Waals surface area contributed by atoms with Gasteiger partial charge >= 0.3 is 5.97 Å². The highest BCUT2D eigenvalue weighted by Crippen LogP contribution is 2.21. The van der Waals surface area contributed by atoms with Gasteiger partial charge in [0, 0.05) is 6.04 Å². The van der Waals surface area contributed by atoms with Crippen LogP contribution in [-0.4, -0.2) is 25.5 Å². The summed E-state index contributed by atoms with van der Waals surface area (Å²) in [5, 5.41) is 9.04. The number of aromatic carboxylic acids is 1. The average molecular weight is 309 g/mol. The highest BCUT2D eigenvalue weighted by molar-refractivity contribution is 7.89. The molecule has 2 N–H and O–H groups in total. The minimum atomic E-state index is -3.71. The maximum Gasteiger partial charge on any atom is 0.335 e. The summed E-state index contributed by atoms with van der Waals surface area (Å²) in [7, 11) is -3.71. The van der Waals surface area contributed by atoms with Crippen LogP contribution >= 0.6 is 0 Å². The van der Waals surface area contributed by atoms with Gasteiger partial charge in [-0.1, -0.05) is 25.1 Å². The fraction of sp³-hybridized carbons (Fsp3) is 0.400. The molecule has 0 heterocycles. The quantitative estimate of drug-likeness (QED) is 0.818. The molecule has 0 saturated heterocycles. The van der Waals surface area contributed by atoms with Gasteiger partial charge in [-0.25, -0.2) is 17.9 Å². The van der Waals surface area contributed by atoms with E-state index in [1.54, 1.807) is 6.07 Å². The predicted octanol–water partition coefficient (Wildman–Crippen LogP) is 2.33. The largest absolute Gasteiger partial charge is 0.478 e. The van der Waals surface area contributed by atoms with Crippen LogP contribution < -0.4 is 4.72 Å². The second kappa shape index (κ2) is 6.41. The molecule has 0 aliphatic heterocycles. The van der Waals surface area contributed by atoms with Crippen LogP contribution in [0.5, 0.6) is 0 Å². The molecule has 2 rings (SSSR count). The molecule has 1 atom stereocenters. The molecule has 5 nitrogen and oxygen atoms in total. The molecule has 0 spiro atoms. The summed E-state index contributed by atoms with van der Waals surface area (Å²) in [6.45, 7) is 1.85. The van der Waals surface area contributed by atoms with Gasteiger partial charge in [-0.3, -0.25) is 0 Å². The number of carboxylic acid groups (broad SMARTS) is 1. The Hall–Kier alpha value is -1.66. The van der Waals surface area contributed by atoms with Gasteiger partial charge in [0.15, 0.2) is 0 Å². The van der Waals surface area contributed by atoms with Crippen LogP contribution in [0.1, 0.15) is 42.1 Å². The molecule has 0 saturated carbocycles. The minimum absolute atomic E-state index is 0.0175. The Morgan fingerprint density at radius 1 is 1.38 bits per heavy atom. The van der Waals surface area contributed by atoms with Crippen LogP contribution in [0, 0.1) is 0 Å².